The summed E-state index contributed by atoms with van der Waals surface area (Å²) in [5.74, 6) is 0.975. The third-order valence-corrected chi connectivity index (χ3v) is 6.25. The van der Waals surface area contributed by atoms with Gasteiger partial charge in [0.15, 0.2) is 0 Å². The molecule has 1 amide bonds. The lowest BCUT2D eigenvalue weighted by atomic mass is 10.1. The normalized spacial score (nSPS) is 12.0. The molecule has 0 saturated heterocycles. The summed E-state index contributed by atoms with van der Waals surface area (Å²) >= 11 is 5.03. The molecule has 7 heteroatoms. The summed E-state index contributed by atoms with van der Waals surface area (Å²) in [6.07, 6.45) is 0. The standard InChI is InChI=1S/C19H19BrN2O3S/c1-11(18-21-13-7-5-6-8-16(13)26-18)22(2)19(23)12-9-14(24-3)17(20)15(10-12)25-4/h5-11H,1-4H3/t11-/m1/s1. The van der Waals surface area contributed by atoms with Crippen molar-refractivity contribution in [2.24, 2.45) is 0 Å². The van der Waals surface area contributed by atoms with E-state index in [1.54, 1.807) is 49.6 Å². The van der Waals surface area contributed by atoms with Gasteiger partial charge in [0.1, 0.15) is 21.0 Å². The van der Waals surface area contributed by atoms with E-state index in [1.807, 2.05) is 31.2 Å². The molecule has 0 spiro atoms. The Bertz CT molecular complexity index is 899. The van der Waals surface area contributed by atoms with Crippen LogP contribution in [0.4, 0.5) is 0 Å². The molecule has 1 heterocycles. The van der Waals surface area contributed by atoms with E-state index in [4.69, 9.17) is 9.47 Å². The van der Waals surface area contributed by atoms with Gasteiger partial charge in [-0.05, 0) is 47.1 Å². The van der Waals surface area contributed by atoms with Crippen molar-refractivity contribution in [1.29, 1.82) is 0 Å². The van der Waals surface area contributed by atoms with Gasteiger partial charge in [0.25, 0.3) is 5.91 Å². The molecule has 0 aliphatic heterocycles. The third-order valence-electron chi connectivity index (χ3n) is 4.26. The predicted molar refractivity (Wildman–Crippen MR) is 107 cm³/mol. The summed E-state index contributed by atoms with van der Waals surface area (Å²) in [5.41, 5.74) is 1.45. The Morgan fingerprint density at radius 1 is 1.19 bits per heavy atom. The molecule has 2 aromatic carbocycles. The summed E-state index contributed by atoms with van der Waals surface area (Å²) in [6.45, 7) is 1.98. The van der Waals surface area contributed by atoms with Crippen LogP contribution in [0.5, 0.6) is 11.5 Å². The zero-order valence-corrected chi connectivity index (χ0v) is 17.3. The van der Waals surface area contributed by atoms with Crippen molar-refractivity contribution in [3.05, 3.63) is 51.4 Å². The molecular formula is C19H19BrN2O3S. The van der Waals surface area contributed by atoms with Gasteiger partial charge in [-0.15, -0.1) is 11.3 Å². The number of aromatic nitrogens is 1. The first-order valence-electron chi connectivity index (χ1n) is 8.00. The van der Waals surface area contributed by atoms with Crippen molar-refractivity contribution in [2.75, 3.05) is 21.3 Å². The Balaban J connectivity index is 1.91. The van der Waals surface area contributed by atoms with Crippen LogP contribution < -0.4 is 9.47 Å². The van der Waals surface area contributed by atoms with Crippen molar-refractivity contribution < 1.29 is 14.3 Å². The van der Waals surface area contributed by atoms with Crippen molar-refractivity contribution in [3.63, 3.8) is 0 Å². The minimum Gasteiger partial charge on any atom is -0.495 e. The highest BCUT2D eigenvalue weighted by molar-refractivity contribution is 9.10. The number of ether oxygens (including phenoxy) is 2. The lowest BCUT2D eigenvalue weighted by Crippen LogP contribution is -2.29. The van der Waals surface area contributed by atoms with Crippen LogP contribution in [0.1, 0.15) is 28.3 Å². The highest BCUT2D eigenvalue weighted by atomic mass is 79.9. The molecule has 0 unspecified atom stereocenters. The van der Waals surface area contributed by atoms with Crippen molar-refractivity contribution in [2.45, 2.75) is 13.0 Å². The number of hydrogen-bond acceptors (Lipinski definition) is 5. The molecule has 1 aromatic heterocycles. The first-order chi connectivity index (χ1) is 12.5. The van der Waals surface area contributed by atoms with Crippen LogP contribution in [0.25, 0.3) is 10.2 Å². The number of halogens is 1. The number of carbonyl (C=O) groups is 1. The Kier molecular flexibility index (Phi) is 5.48. The number of carbonyl (C=O) groups excluding carboxylic acids is 1. The molecule has 0 radical (unpaired) electrons. The summed E-state index contributed by atoms with van der Waals surface area (Å²) in [7, 11) is 4.89. The molecule has 0 aliphatic rings. The zero-order valence-electron chi connectivity index (χ0n) is 14.9. The second-order valence-corrected chi connectivity index (χ2v) is 7.66. The number of nitrogens with zero attached hydrogens (tertiary/aromatic N) is 2. The number of benzene rings is 2. The van der Waals surface area contributed by atoms with E-state index in [9.17, 15) is 4.79 Å². The lowest BCUT2D eigenvalue weighted by Gasteiger charge is -2.24. The number of rotatable bonds is 5. The second kappa shape index (κ2) is 7.63. The smallest absolute Gasteiger partial charge is 0.254 e. The number of thiazole rings is 1. The lowest BCUT2D eigenvalue weighted by molar-refractivity contribution is 0.0741. The summed E-state index contributed by atoms with van der Waals surface area (Å²) < 4.78 is 12.5. The number of methoxy groups -OCH3 is 2. The van der Waals surface area contributed by atoms with Gasteiger partial charge in [0.2, 0.25) is 0 Å². The highest BCUT2D eigenvalue weighted by Gasteiger charge is 2.24. The van der Waals surface area contributed by atoms with E-state index >= 15 is 0 Å². The van der Waals surface area contributed by atoms with Crippen molar-refractivity contribution >= 4 is 43.4 Å². The van der Waals surface area contributed by atoms with Crippen LogP contribution in [-0.2, 0) is 0 Å². The molecule has 0 N–H and O–H groups in total. The first-order valence-corrected chi connectivity index (χ1v) is 9.61. The quantitative estimate of drug-likeness (QED) is 0.572. The molecule has 26 heavy (non-hydrogen) atoms. The molecule has 0 saturated carbocycles. The molecule has 5 nitrogen and oxygen atoms in total. The third kappa shape index (κ3) is 3.41. The van der Waals surface area contributed by atoms with Crippen LogP contribution in [0, 0.1) is 0 Å². The molecule has 0 fully saturated rings. The van der Waals surface area contributed by atoms with E-state index in [0.717, 1.165) is 15.2 Å². The van der Waals surface area contributed by atoms with E-state index in [0.29, 0.717) is 21.5 Å². The summed E-state index contributed by atoms with van der Waals surface area (Å²) in [4.78, 5) is 19.3. The molecule has 1 atom stereocenters. The summed E-state index contributed by atoms with van der Waals surface area (Å²) in [6, 6.07) is 11.2. The maximum Gasteiger partial charge on any atom is 0.254 e. The van der Waals surface area contributed by atoms with E-state index in [2.05, 4.69) is 20.9 Å². The Morgan fingerprint density at radius 3 is 2.38 bits per heavy atom. The van der Waals surface area contributed by atoms with Crippen LogP contribution in [-0.4, -0.2) is 37.1 Å². The Labute approximate surface area is 164 Å². The van der Waals surface area contributed by atoms with E-state index in [1.165, 1.54) is 0 Å². The predicted octanol–water partition coefficient (Wildman–Crippen LogP) is 4.91. The number of amides is 1. The van der Waals surface area contributed by atoms with Gasteiger partial charge in [0.05, 0.1) is 30.5 Å². The van der Waals surface area contributed by atoms with Gasteiger partial charge < -0.3 is 14.4 Å². The fourth-order valence-corrected chi connectivity index (χ4v) is 4.22. The van der Waals surface area contributed by atoms with Gasteiger partial charge in [-0.3, -0.25) is 4.79 Å². The monoisotopic (exact) mass is 434 g/mol. The highest BCUT2D eigenvalue weighted by Crippen LogP contribution is 2.36. The number of para-hydroxylation sites is 1. The average Bonchev–Trinajstić information content (AvgIpc) is 3.10. The Hall–Kier alpha value is -2.12. The zero-order chi connectivity index (χ0) is 18.8. The average molecular weight is 435 g/mol. The van der Waals surface area contributed by atoms with Crippen LogP contribution in [0.3, 0.4) is 0 Å². The largest absolute Gasteiger partial charge is 0.495 e. The summed E-state index contributed by atoms with van der Waals surface area (Å²) in [5, 5.41) is 0.901. The topological polar surface area (TPSA) is 51.7 Å². The fraction of sp³-hybridized carbons (Fsp3) is 0.263. The van der Waals surface area contributed by atoms with Gasteiger partial charge in [-0.1, -0.05) is 12.1 Å². The molecule has 3 rings (SSSR count). The Morgan fingerprint density at radius 2 is 1.81 bits per heavy atom. The maximum absolute atomic E-state index is 13.0. The minimum atomic E-state index is -0.152. The molecule has 136 valence electrons. The first kappa shape index (κ1) is 18.7. The second-order valence-electron chi connectivity index (χ2n) is 5.81. The van der Waals surface area contributed by atoms with E-state index < -0.39 is 0 Å². The van der Waals surface area contributed by atoms with E-state index in [-0.39, 0.29) is 11.9 Å². The minimum absolute atomic E-state index is 0.124. The van der Waals surface area contributed by atoms with Gasteiger partial charge >= 0.3 is 0 Å². The van der Waals surface area contributed by atoms with Crippen LogP contribution in [0.2, 0.25) is 0 Å². The van der Waals surface area contributed by atoms with Crippen molar-refractivity contribution in [3.8, 4) is 11.5 Å². The van der Waals surface area contributed by atoms with Gasteiger partial charge in [0, 0.05) is 12.6 Å². The van der Waals surface area contributed by atoms with Crippen LogP contribution in [0.15, 0.2) is 40.9 Å². The maximum atomic E-state index is 13.0. The van der Waals surface area contributed by atoms with Crippen LogP contribution >= 0.6 is 27.3 Å². The molecular weight excluding hydrogens is 416 g/mol. The fourth-order valence-electron chi connectivity index (χ4n) is 2.61. The van der Waals surface area contributed by atoms with Gasteiger partial charge in [-0.25, -0.2) is 4.98 Å². The molecule has 3 aromatic rings. The van der Waals surface area contributed by atoms with Crippen molar-refractivity contribution in [1.82, 2.24) is 9.88 Å². The number of hydrogen-bond donors (Lipinski definition) is 0. The SMILES string of the molecule is COc1cc(C(=O)N(C)[C@H](C)c2nc3ccccc3s2)cc(OC)c1Br. The van der Waals surface area contributed by atoms with Gasteiger partial charge in [-0.2, -0.15) is 0 Å². The number of fused-ring (bicyclic) bond motifs is 1. The molecule has 0 bridgehead atoms. The molecule has 0 aliphatic carbocycles.